The Morgan fingerprint density at radius 2 is 1.90 bits per heavy atom. The third-order valence-corrected chi connectivity index (χ3v) is 4.69. The molecule has 0 aromatic heterocycles. The molecule has 2 aliphatic heterocycles. The first kappa shape index (κ1) is 20.3. The maximum absolute atomic E-state index is 12.2. The van der Waals surface area contributed by atoms with Gasteiger partial charge >= 0.3 is 12.0 Å². The first-order valence-electron chi connectivity index (χ1n) is 9.34. The summed E-state index contributed by atoms with van der Waals surface area (Å²) in [4.78, 5) is 62.1. The molecule has 154 valence electrons. The molecule has 0 aliphatic carbocycles. The third kappa shape index (κ3) is 4.71. The van der Waals surface area contributed by atoms with Crippen molar-refractivity contribution < 1.29 is 28.7 Å². The Morgan fingerprint density at radius 3 is 2.48 bits per heavy atom. The van der Waals surface area contributed by atoms with Crippen molar-refractivity contribution >= 4 is 35.4 Å². The lowest BCUT2D eigenvalue weighted by atomic mass is 10.2. The van der Waals surface area contributed by atoms with Gasteiger partial charge in [0.2, 0.25) is 5.91 Å². The number of urea groups is 1. The molecule has 0 radical (unpaired) electrons. The number of hydrogen-bond acceptors (Lipinski definition) is 6. The fourth-order valence-corrected chi connectivity index (χ4v) is 3.16. The lowest BCUT2D eigenvalue weighted by Crippen LogP contribution is -2.43. The van der Waals surface area contributed by atoms with Crippen LogP contribution in [-0.4, -0.2) is 66.9 Å². The van der Waals surface area contributed by atoms with Gasteiger partial charge in [0, 0.05) is 37.3 Å². The van der Waals surface area contributed by atoms with Crippen molar-refractivity contribution in [1.82, 2.24) is 15.5 Å². The molecule has 2 fully saturated rings. The third-order valence-electron chi connectivity index (χ3n) is 4.69. The molecule has 10 heteroatoms. The van der Waals surface area contributed by atoms with Gasteiger partial charge in [0.25, 0.3) is 11.8 Å². The molecule has 2 aliphatic rings. The summed E-state index contributed by atoms with van der Waals surface area (Å²) in [6.07, 6.45) is 0.195. The zero-order valence-corrected chi connectivity index (χ0v) is 16.0. The van der Waals surface area contributed by atoms with E-state index in [0.29, 0.717) is 25.1 Å². The van der Waals surface area contributed by atoms with Crippen LogP contribution < -0.4 is 15.5 Å². The summed E-state index contributed by atoms with van der Waals surface area (Å²) >= 11 is 0. The summed E-state index contributed by atoms with van der Waals surface area (Å²) in [5.74, 6) is -1.84. The van der Waals surface area contributed by atoms with Gasteiger partial charge in [-0.05, 0) is 37.6 Å². The van der Waals surface area contributed by atoms with E-state index in [-0.39, 0.29) is 12.5 Å². The number of hydrogen-bond donors (Lipinski definition) is 2. The maximum atomic E-state index is 12.2. The molecule has 5 amide bonds. The van der Waals surface area contributed by atoms with E-state index in [9.17, 15) is 24.0 Å². The molecular weight excluding hydrogens is 380 g/mol. The first-order chi connectivity index (χ1) is 13.9. The lowest BCUT2D eigenvalue weighted by molar-refractivity contribution is -0.156. The molecule has 10 nitrogen and oxygen atoms in total. The highest BCUT2D eigenvalue weighted by Gasteiger charge is 2.31. The summed E-state index contributed by atoms with van der Waals surface area (Å²) < 4.78 is 4.99. The Hall–Kier alpha value is -3.43. The second-order valence-corrected chi connectivity index (χ2v) is 6.73. The van der Waals surface area contributed by atoms with E-state index in [2.05, 4.69) is 10.6 Å². The molecule has 0 spiro atoms. The van der Waals surface area contributed by atoms with Gasteiger partial charge < -0.3 is 20.3 Å². The van der Waals surface area contributed by atoms with Gasteiger partial charge in [-0.25, -0.2) is 4.79 Å². The Labute approximate surface area is 167 Å². The maximum Gasteiger partial charge on any atom is 0.326 e. The van der Waals surface area contributed by atoms with Crippen LogP contribution in [0.2, 0.25) is 0 Å². The minimum Gasteiger partial charge on any atom is -0.451 e. The average Bonchev–Trinajstić information content (AvgIpc) is 3.33. The van der Waals surface area contributed by atoms with Crippen molar-refractivity contribution in [2.45, 2.75) is 25.9 Å². The van der Waals surface area contributed by atoms with Crippen LogP contribution in [0, 0.1) is 0 Å². The Balaban J connectivity index is 1.47. The van der Waals surface area contributed by atoms with Gasteiger partial charge in [-0.1, -0.05) is 0 Å². The summed E-state index contributed by atoms with van der Waals surface area (Å²) in [7, 11) is 0. The van der Waals surface area contributed by atoms with Crippen LogP contribution in [0.3, 0.4) is 0 Å². The van der Waals surface area contributed by atoms with Crippen LogP contribution in [0.1, 0.15) is 30.1 Å². The zero-order valence-electron chi connectivity index (χ0n) is 16.0. The summed E-state index contributed by atoms with van der Waals surface area (Å²) in [5.41, 5.74) is 1.05. The number of nitrogens with zero attached hydrogens (tertiary/aromatic N) is 2. The van der Waals surface area contributed by atoms with E-state index in [1.807, 2.05) is 0 Å². The van der Waals surface area contributed by atoms with Crippen molar-refractivity contribution in [3.8, 4) is 0 Å². The number of imide groups is 1. The molecule has 0 saturated carbocycles. The van der Waals surface area contributed by atoms with Crippen molar-refractivity contribution in [3.63, 3.8) is 0 Å². The lowest BCUT2D eigenvalue weighted by Gasteiger charge is -2.18. The van der Waals surface area contributed by atoms with Crippen molar-refractivity contribution in [1.29, 1.82) is 0 Å². The van der Waals surface area contributed by atoms with E-state index in [0.717, 1.165) is 17.0 Å². The molecule has 3 rings (SSSR count). The molecule has 1 atom stereocenters. The quantitative estimate of drug-likeness (QED) is 0.647. The topological polar surface area (TPSA) is 125 Å². The van der Waals surface area contributed by atoms with E-state index in [1.165, 1.54) is 6.92 Å². The van der Waals surface area contributed by atoms with Crippen LogP contribution in [0.5, 0.6) is 0 Å². The number of amides is 5. The Morgan fingerprint density at radius 1 is 1.17 bits per heavy atom. The van der Waals surface area contributed by atoms with Gasteiger partial charge in [0.15, 0.2) is 6.10 Å². The average molecular weight is 402 g/mol. The van der Waals surface area contributed by atoms with Crippen LogP contribution in [0.25, 0.3) is 0 Å². The van der Waals surface area contributed by atoms with Crippen LogP contribution >= 0.6 is 0 Å². The normalized spacial score (nSPS) is 17.1. The molecule has 0 bridgehead atoms. The molecule has 2 N–H and O–H groups in total. The molecule has 2 heterocycles. The zero-order chi connectivity index (χ0) is 21.0. The fourth-order valence-electron chi connectivity index (χ4n) is 3.16. The van der Waals surface area contributed by atoms with Crippen molar-refractivity contribution in [2.24, 2.45) is 0 Å². The highest BCUT2D eigenvalue weighted by molar-refractivity contribution is 6.00. The monoisotopic (exact) mass is 402 g/mol. The predicted octanol–water partition coefficient (Wildman–Crippen LogP) is 0.0267. The number of esters is 1. The van der Waals surface area contributed by atoms with Crippen LogP contribution in [0.15, 0.2) is 24.3 Å². The summed E-state index contributed by atoms with van der Waals surface area (Å²) in [5, 5.41) is 4.91. The largest absolute Gasteiger partial charge is 0.451 e. The minimum absolute atomic E-state index is 0.0556. The van der Waals surface area contributed by atoms with Gasteiger partial charge in [-0.2, -0.15) is 0 Å². The highest BCUT2D eigenvalue weighted by atomic mass is 16.5. The number of nitrogens with one attached hydrogen (secondary N) is 2. The Bertz CT molecular complexity index is 838. The van der Waals surface area contributed by atoms with Gasteiger partial charge in [0.05, 0.1) is 0 Å². The summed E-state index contributed by atoms with van der Waals surface area (Å²) in [6, 6.07) is 5.97. The van der Waals surface area contributed by atoms with Crippen molar-refractivity contribution in [3.05, 3.63) is 29.8 Å². The van der Waals surface area contributed by atoms with E-state index in [4.69, 9.17) is 4.74 Å². The van der Waals surface area contributed by atoms with Gasteiger partial charge in [0.1, 0.15) is 6.54 Å². The minimum atomic E-state index is -1.14. The van der Waals surface area contributed by atoms with E-state index < -0.39 is 36.5 Å². The number of carbonyl (C=O) groups excluding carboxylic acids is 5. The molecule has 2 saturated heterocycles. The number of benzene rings is 1. The highest BCUT2D eigenvalue weighted by Crippen LogP contribution is 2.21. The molecule has 1 aromatic rings. The second kappa shape index (κ2) is 8.72. The molecular formula is C19H22N4O6. The number of anilines is 1. The molecule has 1 aromatic carbocycles. The summed E-state index contributed by atoms with van der Waals surface area (Å²) in [6.45, 7) is 2.18. The number of ether oxygens (including phenoxy) is 1. The smallest absolute Gasteiger partial charge is 0.326 e. The predicted molar refractivity (Wildman–Crippen MR) is 101 cm³/mol. The molecule has 0 unspecified atom stereocenters. The van der Waals surface area contributed by atoms with Gasteiger partial charge in [-0.15, -0.1) is 0 Å². The first-order valence-corrected chi connectivity index (χ1v) is 9.34. The standard InChI is InChI=1S/C19H22N4O6/c1-12(18(27)23-10-8-20-19(23)28)29-16(25)11-21-17(26)13-4-6-14(7-5-13)22-9-2-3-15(22)24/h4-7,12H,2-3,8-11H2,1H3,(H,20,28)(H,21,26)/t12-/m1/s1. The fraction of sp³-hybridized carbons (Fsp3) is 0.421. The van der Waals surface area contributed by atoms with E-state index >= 15 is 0 Å². The second-order valence-electron chi connectivity index (χ2n) is 6.73. The number of carbonyl (C=O) groups is 5. The Kier molecular flexibility index (Phi) is 6.10. The number of rotatable bonds is 6. The SMILES string of the molecule is C[C@@H](OC(=O)CNC(=O)c1ccc(N2CCCC2=O)cc1)C(=O)N1CCNC1=O. The van der Waals surface area contributed by atoms with Crippen molar-refractivity contribution in [2.75, 3.05) is 31.1 Å². The van der Waals surface area contributed by atoms with Crippen LogP contribution in [0.4, 0.5) is 10.5 Å². The molecule has 29 heavy (non-hydrogen) atoms. The van der Waals surface area contributed by atoms with Gasteiger partial charge in [-0.3, -0.25) is 24.1 Å². The van der Waals surface area contributed by atoms with Crippen LogP contribution in [-0.2, 0) is 19.1 Å². The van der Waals surface area contributed by atoms with E-state index in [1.54, 1.807) is 29.2 Å².